The number of hydrogen-bond donors (Lipinski definition) is 2. The maximum absolute atomic E-state index is 12.3. The summed E-state index contributed by atoms with van der Waals surface area (Å²) in [5, 5.41) is 4.50. The second-order valence-corrected chi connectivity index (χ2v) is 7.17. The van der Waals surface area contributed by atoms with Crippen LogP contribution in [-0.4, -0.2) is 35.7 Å². The number of ether oxygens (including phenoxy) is 2. The van der Waals surface area contributed by atoms with Gasteiger partial charge in [-0.1, -0.05) is 23.7 Å². The number of amides is 2. The first kappa shape index (κ1) is 23.1. The first-order valence-corrected chi connectivity index (χ1v) is 10.4. The summed E-state index contributed by atoms with van der Waals surface area (Å²) in [4.78, 5) is 28.7. The standard InChI is InChI=1S/C22H23ClN4O5/c1-3-12-31-17-9-6-15(13-18(17)30-2)22(29)26-25-19(28)10-11-20-24-21(27-32-20)14-4-7-16(23)8-5-14/h4-9,13H,3,10-12H2,1-2H3,(H,25,28)(H,26,29). The summed E-state index contributed by atoms with van der Waals surface area (Å²) in [5.41, 5.74) is 5.81. The predicted octanol–water partition coefficient (Wildman–Crippen LogP) is 3.58. The van der Waals surface area contributed by atoms with Gasteiger partial charge in [0.15, 0.2) is 11.5 Å². The molecule has 0 aliphatic rings. The van der Waals surface area contributed by atoms with Crippen molar-refractivity contribution in [1.29, 1.82) is 0 Å². The molecule has 1 aromatic heterocycles. The van der Waals surface area contributed by atoms with Crippen LogP contribution >= 0.6 is 11.6 Å². The first-order valence-electron chi connectivity index (χ1n) is 9.98. The molecule has 0 saturated heterocycles. The number of nitrogens with one attached hydrogen (secondary N) is 2. The van der Waals surface area contributed by atoms with Crippen molar-refractivity contribution < 1.29 is 23.6 Å². The molecule has 32 heavy (non-hydrogen) atoms. The van der Waals surface area contributed by atoms with Gasteiger partial charge in [0, 0.05) is 29.0 Å². The molecular weight excluding hydrogens is 436 g/mol. The van der Waals surface area contributed by atoms with Crippen molar-refractivity contribution in [2.75, 3.05) is 13.7 Å². The van der Waals surface area contributed by atoms with E-state index in [1.807, 2.05) is 6.92 Å². The molecule has 0 radical (unpaired) electrons. The number of rotatable bonds is 9. The zero-order chi connectivity index (χ0) is 22.9. The molecule has 0 fully saturated rings. The van der Waals surface area contributed by atoms with E-state index in [4.69, 9.17) is 25.6 Å². The van der Waals surface area contributed by atoms with Crippen LogP contribution in [0.4, 0.5) is 0 Å². The van der Waals surface area contributed by atoms with Crippen LogP contribution < -0.4 is 20.3 Å². The molecule has 3 rings (SSSR count). The molecule has 2 aromatic carbocycles. The van der Waals surface area contributed by atoms with Gasteiger partial charge in [-0.25, -0.2) is 0 Å². The Morgan fingerprint density at radius 1 is 1.09 bits per heavy atom. The highest BCUT2D eigenvalue weighted by Crippen LogP contribution is 2.28. The monoisotopic (exact) mass is 458 g/mol. The van der Waals surface area contributed by atoms with Gasteiger partial charge in [0.05, 0.1) is 13.7 Å². The Balaban J connectivity index is 1.48. The number of halogens is 1. The van der Waals surface area contributed by atoms with Gasteiger partial charge >= 0.3 is 0 Å². The molecule has 1 heterocycles. The number of hydrogen-bond acceptors (Lipinski definition) is 7. The van der Waals surface area contributed by atoms with Crippen LogP contribution in [0, 0.1) is 0 Å². The summed E-state index contributed by atoms with van der Waals surface area (Å²) in [6.45, 7) is 2.53. The normalized spacial score (nSPS) is 10.5. The lowest BCUT2D eigenvalue weighted by Gasteiger charge is -2.12. The predicted molar refractivity (Wildman–Crippen MR) is 117 cm³/mol. The third-order valence-electron chi connectivity index (χ3n) is 4.34. The Morgan fingerprint density at radius 3 is 2.59 bits per heavy atom. The van der Waals surface area contributed by atoms with E-state index in [2.05, 4.69) is 21.0 Å². The SMILES string of the molecule is CCCOc1ccc(C(=O)NNC(=O)CCc2nc(-c3ccc(Cl)cc3)no2)cc1OC. The fourth-order valence-electron chi connectivity index (χ4n) is 2.69. The molecule has 10 heteroatoms. The van der Waals surface area contributed by atoms with Crippen LogP contribution in [0.1, 0.15) is 36.0 Å². The largest absolute Gasteiger partial charge is 0.493 e. The van der Waals surface area contributed by atoms with E-state index < -0.39 is 11.8 Å². The number of benzene rings is 2. The van der Waals surface area contributed by atoms with Gasteiger partial charge in [-0.2, -0.15) is 4.98 Å². The zero-order valence-electron chi connectivity index (χ0n) is 17.7. The maximum atomic E-state index is 12.3. The maximum Gasteiger partial charge on any atom is 0.269 e. The average molecular weight is 459 g/mol. The second-order valence-electron chi connectivity index (χ2n) is 6.74. The highest BCUT2D eigenvalue weighted by molar-refractivity contribution is 6.30. The summed E-state index contributed by atoms with van der Waals surface area (Å²) < 4.78 is 16.0. The second kappa shape index (κ2) is 11.1. The molecule has 0 aliphatic carbocycles. The van der Waals surface area contributed by atoms with E-state index >= 15 is 0 Å². The molecule has 0 aliphatic heterocycles. The van der Waals surface area contributed by atoms with Gasteiger partial charge in [0.2, 0.25) is 17.6 Å². The van der Waals surface area contributed by atoms with Gasteiger partial charge in [-0.15, -0.1) is 0 Å². The summed E-state index contributed by atoms with van der Waals surface area (Å²) in [6.07, 6.45) is 1.12. The first-order chi connectivity index (χ1) is 15.5. The molecule has 0 atom stereocenters. The molecule has 2 N–H and O–H groups in total. The Kier molecular flexibility index (Phi) is 8.04. The summed E-state index contributed by atoms with van der Waals surface area (Å²) >= 11 is 5.87. The van der Waals surface area contributed by atoms with Gasteiger partial charge in [-0.3, -0.25) is 20.4 Å². The third-order valence-corrected chi connectivity index (χ3v) is 4.59. The fraction of sp³-hybridized carbons (Fsp3) is 0.273. The van der Waals surface area contributed by atoms with E-state index in [0.717, 1.165) is 12.0 Å². The summed E-state index contributed by atoms with van der Waals surface area (Å²) in [6, 6.07) is 11.8. The van der Waals surface area contributed by atoms with Gasteiger partial charge in [0.1, 0.15) is 0 Å². The third kappa shape index (κ3) is 6.21. The van der Waals surface area contributed by atoms with E-state index in [9.17, 15) is 9.59 Å². The van der Waals surface area contributed by atoms with Gasteiger partial charge in [-0.05, 0) is 48.9 Å². The smallest absolute Gasteiger partial charge is 0.269 e. The van der Waals surface area contributed by atoms with Crippen LogP contribution in [-0.2, 0) is 11.2 Å². The van der Waals surface area contributed by atoms with Crippen molar-refractivity contribution in [3.05, 3.63) is 58.9 Å². The molecule has 2 amide bonds. The van der Waals surface area contributed by atoms with Crippen molar-refractivity contribution in [2.24, 2.45) is 0 Å². The molecule has 0 saturated carbocycles. The lowest BCUT2D eigenvalue weighted by atomic mass is 10.2. The minimum absolute atomic E-state index is 0.0512. The number of aryl methyl sites for hydroxylation is 1. The van der Waals surface area contributed by atoms with Crippen LogP contribution in [0.3, 0.4) is 0 Å². The molecule has 0 spiro atoms. The van der Waals surface area contributed by atoms with E-state index in [1.165, 1.54) is 7.11 Å². The van der Waals surface area contributed by atoms with E-state index in [0.29, 0.717) is 40.4 Å². The quantitative estimate of drug-likeness (QED) is 0.471. The Labute approximate surface area is 190 Å². The minimum atomic E-state index is -0.485. The number of carbonyl (C=O) groups is 2. The van der Waals surface area contributed by atoms with Crippen molar-refractivity contribution in [1.82, 2.24) is 21.0 Å². The fourth-order valence-corrected chi connectivity index (χ4v) is 2.82. The van der Waals surface area contributed by atoms with E-state index in [1.54, 1.807) is 42.5 Å². The Hall–Kier alpha value is -3.59. The number of nitrogens with zero attached hydrogens (tertiary/aromatic N) is 2. The molecule has 3 aromatic rings. The number of methoxy groups -OCH3 is 1. The molecular formula is C22H23ClN4O5. The molecule has 168 valence electrons. The van der Waals surface area contributed by atoms with Crippen LogP contribution in [0.15, 0.2) is 47.0 Å². The summed E-state index contributed by atoms with van der Waals surface area (Å²) in [7, 11) is 1.49. The Morgan fingerprint density at radius 2 is 1.88 bits per heavy atom. The van der Waals surface area contributed by atoms with Crippen molar-refractivity contribution in [3.63, 3.8) is 0 Å². The lowest BCUT2D eigenvalue weighted by molar-refractivity contribution is -0.121. The van der Waals surface area contributed by atoms with Crippen molar-refractivity contribution >= 4 is 23.4 Å². The average Bonchev–Trinajstić information content (AvgIpc) is 3.29. The van der Waals surface area contributed by atoms with Crippen LogP contribution in [0.5, 0.6) is 11.5 Å². The van der Waals surface area contributed by atoms with Crippen LogP contribution in [0.25, 0.3) is 11.4 Å². The van der Waals surface area contributed by atoms with Gasteiger partial charge in [0.25, 0.3) is 5.91 Å². The highest BCUT2D eigenvalue weighted by Gasteiger charge is 2.14. The number of carbonyl (C=O) groups excluding carboxylic acids is 2. The number of aromatic nitrogens is 2. The van der Waals surface area contributed by atoms with Gasteiger partial charge < -0.3 is 14.0 Å². The Bertz CT molecular complexity index is 1070. The molecule has 9 nitrogen and oxygen atoms in total. The molecule has 0 unspecified atom stereocenters. The lowest BCUT2D eigenvalue weighted by Crippen LogP contribution is -2.41. The zero-order valence-corrected chi connectivity index (χ0v) is 18.4. The number of hydrazine groups is 1. The minimum Gasteiger partial charge on any atom is -0.493 e. The summed E-state index contributed by atoms with van der Waals surface area (Å²) in [5.74, 6) is 0.813. The highest BCUT2D eigenvalue weighted by atomic mass is 35.5. The van der Waals surface area contributed by atoms with Crippen molar-refractivity contribution in [3.8, 4) is 22.9 Å². The van der Waals surface area contributed by atoms with E-state index in [-0.39, 0.29) is 12.8 Å². The van der Waals surface area contributed by atoms with Crippen LogP contribution in [0.2, 0.25) is 5.02 Å². The topological polar surface area (TPSA) is 116 Å². The molecule has 0 bridgehead atoms. The van der Waals surface area contributed by atoms with Crippen molar-refractivity contribution in [2.45, 2.75) is 26.2 Å².